The van der Waals surface area contributed by atoms with E-state index in [0.29, 0.717) is 24.3 Å². The second-order valence-electron chi connectivity index (χ2n) is 17.3. The van der Waals surface area contributed by atoms with Gasteiger partial charge in [-0.05, 0) is 128 Å². The number of aliphatic carboxylic acids is 1. The normalized spacial score (nSPS) is 41.0. The van der Waals surface area contributed by atoms with Crippen molar-refractivity contribution in [3.63, 3.8) is 0 Å². The van der Waals surface area contributed by atoms with Crippen LogP contribution in [0.5, 0.6) is 0 Å². The molecule has 0 amide bonds. The molecule has 5 aliphatic rings. The maximum Gasteiger partial charge on any atom is 0.416 e. The van der Waals surface area contributed by atoms with Gasteiger partial charge in [-0.15, -0.1) is 5.10 Å². The molecule has 250 valence electrons. The van der Waals surface area contributed by atoms with Crippen LogP contribution in [0.3, 0.4) is 0 Å². The van der Waals surface area contributed by atoms with Crippen molar-refractivity contribution in [2.75, 3.05) is 0 Å². The summed E-state index contributed by atoms with van der Waals surface area (Å²) >= 11 is 0. The van der Waals surface area contributed by atoms with E-state index in [9.17, 15) is 23.1 Å². The van der Waals surface area contributed by atoms with Gasteiger partial charge in [-0.3, -0.25) is 4.79 Å². The molecule has 0 unspecified atom stereocenters. The quantitative estimate of drug-likeness (QED) is 0.340. The first kappa shape index (κ1) is 31.9. The van der Waals surface area contributed by atoms with Crippen LogP contribution in [0.1, 0.15) is 115 Å². The number of fused-ring (bicyclic) bond motifs is 8. The first-order chi connectivity index (χ1) is 21.4. The highest BCUT2D eigenvalue weighted by atomic mass is 19.4. The Labute approximate surface area is 271 Å². The Hall–Kier alpha value is -2.64. The number of hydrogen-bond donors (Lipinski definition) is 1. The minimum atomic E-state index is -4.36. The third kappa shape index (κ3) is 4.09. The van der Waals surface area contributed by atoms with E-state index in [2.05, 4.69) is 53.3 Å². The highest BCUT2D eigenvalue weighted by molar-refractivity contribution is 5.76. The lowest BCUT2D eigenvalue weighted by Crippen LogP contribution is -2.67. The van der Waals surface area contributed by atoms with E-state index in [0.717, 1.165) is 92.4 Å². The lowest BCUT2D eigenvalue weighted by Gasteiger charge is -2.72. The van der Waals surface area contributed by atoms with Gasteiger partial charge in [0.05, 0.1) is 28.9 Å². The summed E-state index contributed by atoms with van der Waals surface area (Å²) in [5.74, 6) is 1.11. The summed E-state index contributed by atoms with van der Waals surface area (Å²) in [7, 11) is 0. The lowest BCUT2D eigenvalue weighted by molar-refractivity contribution is -0.228. The predicted octanol–water partition coefficient (Wildman–Crippen LogP) is 9.10. The highest BCUT2D eigenvalue weighted by Crippen LogP contribution is 2.77. The molecule has 0 bridgehead atoms. The zero-order chi connectivity index (χ0) is 33.2. The van der Waals surface area contributed by atoms with Gasteiger partial charge in [-0.25, -0.2) is 4.68 Å². The number of benzene rings is 1. The van der Waals surface area contributed by atoms with Crippen LogP contribution in [0, 0.1) is 51.2 Å². The Morgan fingerprint density at radius 2 is 1.65 bits per heavy atom. The number of allylic oxidation sites excluding steroid dienone is 1. The maximum atomic E-state index is 13.2. The van der Waals surface area contributed by atoms with Crippen LogP contribution >= 0.6 is 0 Å². The van der Waals surface area contributed by atoms with Gasteiger partial charge in [0.1, 0.15) is 0 Å². The van der Waals surface area contributed by atoms with Crippen LogP contribution in [-0.4, -0.2) is 26.1 Å². The average molecular weight is 638 g/mol. The molecule has 4 fully saturated rings. The SMILES string of the molecule is C=C(C)[C@@H]1CC[C@]2(C(=O)O)CC[C@]3(C)[C@H](CC[C@@H]4[C@@]5(C)Cc6nnn(Cc7ccc(C(F)(F)F)cc7)c6C(C)(C)[C@@H]5CC[C@]43C)[C@@H]12. The summed E-state index contributed by atoms with van der Waals surface area (Å²) in [5, 5.41) is 20.0. The Bertz CT molecular complexity index is 1580. The molecule has 1 heterocycles. The molecule has 0 spiro atoms. The number of hydrogen-bond acceptors (Lipinski definition) is 3. The fourth-order valence-electron chi connectivity index (χ4n) is 13.1. The van der Waals surface area contributed by atoms with Gasteiger partial charge in [-0.1, -0.05) is 64.1 Å². The van der Waals surface area contributed by atoms with Crippen molar-refractivity contribution in [2.24, 2.45) is 51.2 Å². The van der Waals surface area contributed by atoms with Crippen LogP contribution < -0.4 is 0 Å². The molecule has 1 N–H and O–H groups in total. The van der Waals surface area contributed by atoms with Crippen LogP contribution in [-0.2, 0) is 29.4 Å². The minimum absolute atomic E-state index is 0.0114. The van der Waals surface area contributed by atoms with Gasteiger partial charge < -0.3 is 5.11 Å². The van der Waals surface area contributed by atoms with Crippen molar-refractivity contribution < 1.29 is 23.1 Å². The van der Waals surface area contributed by atoms with Crippen molar-refractivity contribution >= 4 is 5.97 Å². The first-order valence-electron chi connectivity index (χ1n) is 17.4. The van der Waals surface area contributed by atoms with E-state index >= 15 is 0 Å². The lowest BCUT2D eigenvalue weighted by atomic mass is 9.32. The number of rotatable bonds is 4. The molecular formula is C38H50F3N3O2. The van der Waals surface area contributed by atoms with Gasteiger partial charge >= 0.3 is 12.1 Å². The molecule has 0 radical (unpaired) electrons. The number of halogens is 3. The van der Waals surface area contributed by atoms with Crippen LogP contribution in [0.25, 0.3) is 0 Å². The van der Waals surface area contributed by atoms with Gasteiger partial charge in [0.15, 0.2) is 0 Å². The summed E-state index contributed by atoms with van der Waals surface area (Å²) in [5.41, 5.74) is 2.76. The molecule has 1 aromatic heterocycles. The van der Waals surface area contributed by atoms with E-state index in [1.807, 2.05) is 4.68 Å². The smallest absolute Gasteiger partial charge is 0.416 e. The second-order valence-corrected chi connectivity index (χ2v) is 17.3. The largest absolute Gasteiger partial charge is 0.481 e. The fourth-order valence-corrected chi connectivity index (χ4v) is 13.1. The molecule has 9 atom stereocenters. The Morgan fingerprint density at radius 3 is 2.28 bits per heavy atom. The van der Waals surface area contributed by atoms with Crippen molar-refractivity contribution in [3.8, 4) is 0 Å². The first-order valence-corrected chi connectivity index (χ1v) is 17.4. The molecule has 46 heavy (non-hydrogen) atoms. The van der Waals surface area contributed by atoms with Crippen LogP contribution in [0.15, 0.2) is 36.4 Å². The molecule has 4 saturated carbocycles. The van der Waals surface area contributed by atoms with Crippen LogP contribution in [0.2, 0.25) is 0 Å². The number of carbonyl (C=O) groups is 1. The summed E-state index contributed by atoms with van der Waals surface area (Å²) in [6.45, 7) is 19.1. The molecule has 7 rings (SSSR count). The van der Waals surface area contributed by atoms with Crippen molar-refractivity contribution in [2.45, 2.75) is 117 Å². The van der Waals surface area contributed by atoms with E-state index in [-0.39, 0.29) is 33.5 Å². The number of nitrogens with zero attached hydrogens (tertiary/aromatic N) is 3. The fraction of sp³-hybridized carbons (Fsp3) is 0.711. The summed E-state index contributed by atoms with van der Waals surface area (Å²) in [6.07, 6.45) is 4.31. The van der Waals surface area contributed by atoms with Crippen LogP contribution in [0.4, 0.5) is 13.2 Å². The topological polar surface area (TPSA) is 68.0 Å². The predicted molar refractivity (Wildman–Crippen MR) is 171 cm³/mol. The van der Waals surface area contributed by atoms with E-state index < -0.39 is 23.1 Å². The van der Waals surface area contributed by atoms with Crippen molar-refractivity contribution in [3.05, 3.63) is 58.9 Å². The third-order valence-corrected chi connectivity index (χ3v) is 15.2. The summed E-state index contributed by atoms with van der Waals surface area (Å²) in [6, 6.07) is 5.40. The van der Waals surface area contributed by atoms with Gasteiger partial charge in [-0.2, -0.15) is 13.2 Å². The Morgan fingerprint density at radius 1 is 0.957 bits per heavy atom. The van der Waals surface area contributed by atoms with Gasteiger partial charge in [0, 0.05) is 5.41 Å². The Balaban J connectivity index is 1.22. The Kier molecular flexibility index (Phi) is 6.90. The molecule has 0 aliphatic heterocycles. The minimum Gasteiger partial charge on any atom is -0.481 e. The van der Waals surface area contributed by atoms with Gasteiger partial charge in [0.25, 0.3) is 0 Å². The number of carboxylic acids is 1. The van der Waals surface area contributed by atoms with E-state index in [4.69, 9.17) is 5.10 Å². The highest BCUT2D eigenvalue weighted by Gasteiger charge is 2.72. The van der Waals surface area contributed by atoms with E-state index in [1.165, 1.54) is 0 Å². The number of alkyl halides is 3. The standard InChI is InChI=1S/C38H50F3N3O2/c1-22(2)25-14-17-37(32(45)46)19-18-35(6)26(30(25)37)12-13-29-34(5)20-27-31(33(3,4)28(34)15-16-36(29,35)7)44(43-42-27)21-23-8-10-24(11-9-23)38(39,40)41/h8-11,25-26,28-30H,1,12-21H2,2-7H3,(H,45,46)/t25-,26+,28-,29+,30+,34-,35+,36+,37-/m0/s1. The number of aromatic nitrogens is 3. The molecule has 2 aromatic rings. The molecular weight excluding hydrogens is 587 g/mol. The molecule has 5 aliphatic carbocycles. The summed E-state index contributed by atoms with van der Waals surface area (Å²) in [4.78, 5) is 13.0. The number of carboxylic acid groups (broad SMARTS) is 1. The monoisotopic (exact) mass is 637 g/mol. The zero-order valence-electron chi connectivity index (χ0n) is 28.3. The zero-order valence-corrected chi connectivity index (χ0v) is 28.3. The molecule has 8 heteroatoms. The maximum absolute atomic E-state index is 13.2. The van der Waals surface area contributed by atoms with Crippen molar-refractivity contribution in [1.82, 2.24) is 15.0 Å². The van der Waals surface area contributed by atoms with Crippen molar-refractivity contribution in [1.29, 1.82) is 0 Å². The average Bonchev–Trinajstić information content (AvgIpc) is 3.56. The second kappa shape index (κ2) is 9.95. The van der Waals surface area contributed by atoms with Gasteiger partial charge in [0.2, 0.25) is 0 Å². The summed E-state index contributed by atoms with van der Waals surface area (Å²) < 4.78 is 41.5. The molecule has 0 saturated heterocycles. The molecule has 1 aromatic carbocycles. The third-order valence-electron chi connectivity index (χ3n) is 15.2. The van der Waals surface area contributed by atoms with E-state index in [1.54, 1.807) is 12.1 Å². The molecule has 5 nitrogen and oxygen atoms in total.